The summed E-state index contributed by atoms with van der Waals surface area (Å²) in [6.07, 6.45) is 0. The van der Waals surface area contributed by atoms with E-state index in [0.29, 0.717) is 12.0 Å². The molecule has 1 heterocycles. The van der Waals surface area contributed by atoms with Gasteiger partial charge in [0.05, 0.1) is 13.2 Å². The van der Waals surface area contributed by atoms with Crippen LogP contribution in [0.2, 0.25) is 0 Å². The van der Waals surface area contributed by atoms with Gasteiger partial charge in [-0.3, -0.25) is 4.90 Å². The second-order valence-electron chi connectivity index (χ2n) is 5.15. The average Bonchev–Trinajstić information content (AvgIpc) is 2.39. The van der Waals surface area contributed by atoms with Crippen molar-refractivity contribution >= 4 is 0 Å². The lowest BCUT2D eigenvalue weighted by molar-refractivity contribution is 0.0198. The van der Waals surface area contributed by atoms with Crippen molar-refractivity contribution in [2.45, 2.75) is 32.7 Å². The number of morpholine rings is 1. The molecule has 1 saturated heterocycles. The first kappa shape index (κ1) is 12.6. The predicted octanol–water partition coefficient (Wildman–Crippen LogP) is 3.20. The van der Waals surface area contributed by atoms with Crippen LogP contribution in [0.3, 0.4) is 0 Å². The van der Waals surface area contributed by atoms with E-state index in [0.717, 1.165) is 26.3 Å². The largest absolute Gasteiger partial charge is 0.379 e. The summed E-state index contributed by atoms with van der Waals surface area (Å²) >= 11 is 0. The topological polar surface area (TPSA) is 12.5 Å². The monoisotopic (exact) mass is 233 g/mol. The van der Waals surface area contributed by atoms with Gasteiger partial charge in [0, 0.05) is 19.1 Å². The lowest BCUT2D eigenvalue weighted by Gasteiger charge is -2.32. The minimum Gasteiger partial charge on any atom is -0.379 e. The third kappa shape index (κ3) is 3.08. The number of rotatable bonds is 3. The van der Waals surface area contributed by atoms with Gasteiger partial charge in [-0.25, -0.2) is 0 Å². The van der Waals surface area contributed by atoms with Crippen molar-refractivity contribution in [3.63, 3.8) is 0 Å². The molecule has 0 bridgehead atoms. The molecule has 1 aromatic carbocycles. The van der Waals surface area contributed by atoms with Crippen molar-refractivity contribution in [1.82, 2.24) is 4.90 Å². The molecule has 0 aromatic heterocycles. The Balaban J connectivity index is 2.05. The van der Waals surface area contributed by atoms with E-state index in [1.54, 1.807) is 0 Å². The molecule has 94 valence electrons. The zero-order valence-electron chi connectivity index (χ0n) is 11.1. The molecule has 1 atom stereocenters. The van der Waals surface area contributed by atoms with Crippen molar-refractivity contribution < 1.29 is 4.74 Å². The second kappa shape index (κ2) is 5.65. The molecule has 2 heteroatoms. The lowest BCUT2D eigenvalue weighted by atomic mass is 9.99. The van der Waals surface area contributed by atoms with Crippen LogP contribution in [0.1, 0.15) is 43.9 Å². The molecule has 0 aliphatic carbocycles. The molecule has 1 unspecified atom stereocenters. The normalized spacial score (nSPS) is 19.5. The number of ether oxygens (including phenoxy) is 1. The Hall–Kier alpha value is -0.860. The van der Waals surface area contributed by atoms with Crippen LogP contribution >= 0.6 is 0 Å². The third-order valence-electron chi connectivity index (χ3n) is 3.68. The Kier molecular flexibility index (Phi) is 4.19. The summed E-state index contributed by atoms with van der Waals surface area (Å²) in [7, 11) is 0. The van der Waals surface area contributed by atoms with Crippen LogP contribution in [0.4, 0.5) is 0 Å². The Bertz CT molecular complexity index is 338. The molecule has 0 spiro atoms. The van der Waals surface area contributed by atoms with Gasteiger partial charge in [-0.1, -0.05) is 38.1 Å². The highest BCUT2D eigenvalue weighted by Crippen LogP contribution is 2.23. The molecule has 2 nitrogen and oxygen atoms in total. The van der Waals surface area contributed by atoms with Gasteiger partial charge in [0.2, 0.25) is 0 Å². The van der Waals surface area contributed by atoms with E-state index >= 15 is 0 Å². The van der Waals surface area contributed by atoms with Crippen LogP contribution < -0.4 is 0 Å². The summed E-state index contributed by atoms with van der Waals surface area (Å²) in [5.41, 5.74) is 2.83. The standard InChI is InChI=1S/C15H23NO/c1-12(2)14-4-6-15(7-5-14)13(3)16-8-10-17-11-9-16/h4-7,12-13H,8-11H2,1-3H3. The van der Waals surface area contributed by atoms with Gasteiger partial charge < -0.3 is 4.74 Å². The first-order chi connectivity index (χ1) is 8.18. The summed E-state index contributed by atoms with van der Waals surface area (Å²) in [5, 5.41) is 0. The molecule has 1 fully saturated rings. The van der Waals surface area contributed by atoms with Crippen LogP contribution in [0.5, 0.6) is 0 Å². The highest BCUT2D eigenvalue weighted by molar-refractivity contribution is 5.26. The molecule has 1 aliphatic rings. The van der Waals surface area contributed by atoms with Crippen molar-refractivity contribution in [2.75, 3.05) is 26.3 Å². The zero-order chi connectivity index (χ0) is 12.3. The van der Waals surface area contributed by atoms with E-state index in [2.05, 4.69) is 49.9 Å². The summed E-state index contributed by atoms with van der Waals surface area (Å²) in [6.45, 7) is 10.6. The predicted molar refractivity (Wildman–Crippen MR) is 71.3 cm³/mol. The Morgan fingerprint density at radius 1 is 0.941 bits per heavy atom. The van der Waals surface area contributed by atoms with Crippen molar-refractivity contribution in [3.8, 4) is 0 Å². The van der Waals surface area contributed by atoms with Gasteiger partial charge in [0.25, 0.3) is 0 Å². The molecular weight excluding hydrogens is 210 g/mol. The molecule has 0 radical (unpaired) electrons. The minimum atomic E-state index is 0.500. The summed E-state index contributed by atoms with van der Waals surface area (Å²) in [6, 6.07) is 9.57. The van der Waals surface area contributed by atoms with E-state index < -0.39 is 0 Å². The van der Waals surface area contributed by atoms with Crippen LogP contribution in [-0.2, 0) is 4.74 Å². The summed E-state index contributed by atoms with van der Waals surface area (Å²) in [5.74, 6) is 0.614. The Labute approximate surface area is 105 Å². The van der Waals surface area contributed by atoms with E-state index in [4.69, 9.17) is 4.74 Å². The second-order valence-corrected chi connectivity index (χ2v) is 5.15. The molecule has 1 aromatic rings. The number of benzene rings is 1. The number of hydrogen-bond donors (Lipinski definition) is 0. The van der Waals surface area contributed by atoms with Gasteiger partial charge in [-0.15, -0.1) is 0 Å². The van der Waals surface area contributed by atoms with Gasteiger partial charge >= 0.3 is 0 Å². The maximum atomic E-state index is 5.39. The van der Waals surface area contributed by atoms with Crippen molar-refractivity contribution in [2.24, 2.45) is 0 Å². The van der Waals surface area contributed by atoms with Crippen LogP contribution in [0, 0.1) is 0 Å². The van der Waals surface area contributed by atoms with Gasteiger partial charge in [0.1, 0.15) is 0 Å². The maximum absolute atomic E-state index is 5.39. The molecule has 0 amide bonds. The van der Waals surface area contributed by atoms with Crippen LogP contribution in [0.15, 0.2) is 24.3 Å². The van der Waals surface area contributed by atoms with Crippen molar-refractivity contribution in [1.29, 1.82) is 0 Å². The van der Waals surface area contributed by atoms with E-state index in [-0.39, 0.29) is 0 Å². The SMILES string of the molecule is CC(C)c1ccc(C(C)N2CCOCC2)cc1. The fraction of sp³-hybridized carbons (Fsp3) is 0.600. The fourth-order valence-electron chi connectivity index (χ4n) is 2.34. The molecular formula is C15H23NO. The highest BCUT2D eigenvalue weighted by atomic mass is 16.5. The number of nitrogens with zero attached hydrogens (tertiary/aromatic N) is 1. The van der Waals surface area contributed by atoms with E-state index in [9.17, 15) is 0 Å². The van der Waals surface area contributed by atoms with Crippen LogP contribution in [-0.4, -0.2) is 31.2 Å². The molecule has 0 saturated carbocycles. The third-order valence-corrected chi connectivity index (χ3v) is 3.68. The Morgan fingerprint density at radius 2 is 1.47 bits per heavy atom. The molecule has 2 rings (SSSR count). The van der Waals surface area contributed by atoms with Crippen LogP contribution in [0.25, 0.3) is 0 Å². The van der Waals surface area contributed by atoms with Gasteiger partial charge in [0.15, 0.2) is 0 Å². The highest BCUT2D eigenvalue weighted by Gasteiger charge is 2.18. The van der Waals surface area contributed by atoms with E-state index in [1.807, 2.05) is 0 Å². The smallest absolute Gasteiger partial charge is 0.0594 e. The van der Waals surface area contributed by atoms with Gasteiger partial charge in [-0.05, 0) is 24.0 Å². The maximum Gasteiger partial charge on any atom is 0.0594 e. The fourth-order valence-corrected chi connectivity index (χ4v) is 2.34. The summed E-state index contributed by atoms with van der Waals surface area (Å²) < 4.78 is 5.39. The van der Waals surface area contributed by atoms with Gasteiger partial charge in [-0.2, -0.15) is 0 Å². The van der Waals surface area contributed by atoms with E-state index in [1.165, 1.54) is 11.1 Å². The Morgan fingerprint density at radius 3 is 2.00 bits per heavy atom. The number of hydrogen-bond acceptors (Lipinski definition) is 2. The molecule has 0 N–H and O–H groups in total. The minimum absolute atomic E-state index is 0.500. The zero-order valence-corrected chi connectivity index (χ0v) is 11.1. The molecule has 17 heavy (non-hydrogen) atoms. The first-order valence-corrected chi connectivity index (χ1v) is 6.60. The summed E-state index contributed by atoms with van der Waals surface area (Å²) in [4.78, 5) is 2.49. The molecule has 1 aliphatic heterocycles. The quantitative estimate of drug-likeness (QED) is 0.795. The lowest BCUT2D eigenvalue weighted by Crippen LogP contribution is -2.37. The first-order valence-electron chi connectivity index (χ1n) is 6.60. The average molecular weight is 233 g/mol. The van der Waals surface area contributed by atoms with Crippen molar-refractivity contribution in [3.05, 3.63) is 35.4 Å².